The Morgan fingerprint density at radius 2 is 2.33 bits per heavy atom. The Morgan fingerprint density at radius 1 is 1.60 bits per heavy atom. The number of hydrogen-bond donors (Lipinski definition) is 1. The second kappa shape index (κ2) is 3.49. The van der Waals surface area contributed by atoms with Gasteiger partial charge >= 0.3 is 5.82 Å². The minimum atomic E-state index is -0.494. The summed E-state index contributed by atoms with van der Waals surface area (Å²) in [4.78, 5) is 13.6. The van der Waals surface area contributed by atoms with Crippen LogP contribution in [0.3, 0.4) is 0 Å². The summed E-state index contributed by atoms with van der Waals surface area (Å²) in [6.07, 6.45) is 4.00. The number of nitro groups is 1. The Morgan fingerprint density at radius 3 is 2.80 bits per heavy atom. The predicted molar refractivity (Wildman–Crippen MR) is 56.7 cm³/mol. The molecular formula is C10H13N3O2. The maximum atomic E-state index is 10.4. The van der Waals surface area contributed by atoms with E-state index in [4.69, 9.17) is 0 Å². The first-order chi connectivity index (χ1) is 7.09. The molecule has 0 unspecified atom stereocenters. The molecule has 0 spiro atoms. The SMILES string of the molecule is CC1(CNc2ccc([N+](=O)[O-])nc2)CC1. The standard InChI is InChI=1S/C10H13N3O2/c1-10(4-5-10)7-12-8-2-3-9(11-6-8)13(14)15/h2-3,6,12H,4-5,7H2,1H3. The summed E-state index contributed by atoms with van der Waals surface area (Å²) in [5.74, 6) is -0.113. The zero-order valence-corrected chi connectivity index (χ0v) is 8.56. The Labute approximate surface area is 87.7 Å². The number of pyridine rings is 1. The second-order valence-electron chi connectivity index (χ2n) is 4.33. The van der Waals surface area contributed by atoms with E-state index in [1.54, 1.807) is 6.07 Å². The lowest BCUT2D eigenvalue weighted by atomic mass is 10.1. The molecule has 2 rings (SSSR count). The van der Waals surface area contributed by atoms with Crippen LogP contribution in [0.2, 0.25) is 0 Å². The molecule has 1 aromatic heterocycles. The van der Waals surface area contributed by atoms with E-state index in [2.05, 4.69) is 17.2 Å². The molecule has 80 valence electrons. The van der Waals surface area contributed by atoms with Crippen LogP contribution >= 0.6 is 0 Å². The third-order valence-electron chi connectivity index (χ3n) is 2.76. The lowest BCUT2D eigenvalue weighted by Crippen LogP contribution is -2.11. The van der Waals surface area contributed by atoms with Crippen LogP contribution in [0.5, 0.6) is 0 Å². The van der Waals surface area contributed by atoms with Crippen LogP contribution < -0.4 is 5.32 Å². The lowest BCUT2D eigenvalue weighted by molar-refractivity contribution is -0.389. The van der Waals surface area contributed by atoms with Gasteiger partial charge in [-0.2, -0.15) is 0 Å². The highest BCUT2D eigenvalue weighted by atomic mass is 16.6. The van der Waals surface area contributed by atoms with Crippen molar-refractivity contribution in [3.8, 4) is 0 Å². The molecule has 0 atom stereocenters. The Bertz CT molecular complexity index is 371. The molecule has 1 aliphatic carbocycles. The van der Waals surface area contributed by atoms with Crippen molar-refractivity contribution in [3.63, 3.8) is 0 Å². The van der Waals surface area contributed by atoms with Gasteiger partial charge in [0, 0.05) is 12.6 Å². The smallest absolute Gasteiger partial charge is 0.363 e. The fourth-order valence-electron chi connectivity index (χ4n) is 1.30. The van der Waals surface area contributed by atoms with Gasteiger partial charge in [0.25, 0.3) is 0 Å². The van der Waals surface area contributed by atoms with Crippen LogP contribution in [0, 0.1) is 15.5 Å². The monoisotopic (exact) mass is 207 g/mol. The topological polar surface area (TPSA) is 68.1 Å². The number of nitrogens with zero attached hydrogens (tertiary/aromatic N) is 2. The second-order valence-corrected chi connectivity index (χ2v) is 4.33. The largest absolute Gasteiger partial charge is 0.381 e. The van der Waals surface area contributed by atoms with Crippen LogP contribution in [-0.2, 0) is 0 Å². The normalized spacial score (nSPS) is 17.1. The maximum absolute atomic E-state index is 10.4. The highest BCUT2D eigenvalue weighted by molar-refractivity contribution is 5.43. The summed E-state index contributed by atoms with van der Waals surface area (Å²) in [6, 6.07) is 3.11. The van der Waals surface area contributed by atoms with E-state index in [0.717, 1.165) is 12.2 Å². The van der Waals surface area contributed by atoms with Crippen molar-refractivity contribution in [2.45, 2.75) is 19.8 Å². The summed E-state index contributed by atoms with van der Waals surface area (Å²) in [5, 5.41) is 13.6. The molecular weight excluding hydrogens is 194 g/mol. The first kappa shape index (κ1) is 9.89. The highest BCUT2D eigenvalue weighted by Crippen LogP contribution is 2.44. The number of anilines is 1. The zero-order valence-electron chi connectivity index (χ0n) is 8.56. The minimum absolute atomic E-state index is 0.113. The Balaban J connectivity index is 1.95. The van der Waals surface area contributed by atoms with Crippen LogP contribution in [0.25, 0.3) is 0 Å². The third kappa shape index (κ3) is 2.43. The van der Waals surface area contributed by atoms with Gasteiger partial charge in [-0.05, 0) is 34.2 Å². The van der Waals surface area contributed by atoms with Crippen molar-refractivity contribution < 1.29 is 4.92 Å². The van der Waals surface area contributed by atoms with Crippen LogP contribution in [0.1, 0.15) is 19.8 Å². The molecule has 0 amide bonds. The Kier molecular flexibility index (Phi) is 2.30. The minimum Gasteiger partial charge on any atom is -0.381 e. The van der Waals surface area contributed by atoms with Gasteiger partial charge < -0.3 is 15.4 Å². The van der Waals surface area contributed by atoms with Gasteiger partial charge in [0.1, 0.15) is 0 Å². The van der Waals surface area contributed by atoms with Gasteiger partial charge in [-0.1, -0.05) is 6.92 Å². The third-order valence-corrected chi connectivity index (χ3v) is 2.76. The maximum Gasteiger partial charge on any atom is 0.363 e. The summed E-state index contributed by atoms with van der Waals surface area (Å²) in [5.41, 5.74) is 1.26. The van der Waals surface area contributed by atoms with Gasteiger partial charge in [-0.15, -0.1) is 0 Å². The molecule has 1 heterocycles. The van der Waals surface area contributed by atoms with Crippen molar-refractivity contribution in [2.24, 2.45) is 5.41 Å². The molecule has 0 aromatic carbocycles. The number of hydrogen-bond acceptors (Lipinski definition) is 4. The van der Waals surface area contributed by atoms with Crippen molar-refractivity contribution in [2.75, 3.05) is 11.9 Å². The van der Waals surface area contributed by atoms with E-state index in [1.807, 2.05) is 0 Å². The summed E-state index contributed by atoms with van der Waals surface area (Å²) in [7, 11) is 0. The van der Waals surface area contributed by atoms with Crippen molar-refractivity contribution in [1.29, 1.82) is 0 Å². The van der Waals surface area contributed by atoms with Crippen LogP contribution in [0.15, 0.2) is 18.3 Å². The summed E-state index contributed by atoms with van der Waals surface area (Å²) >= 11 is 0. The molecule has 1 fully saturated rings. The van der Waals surface area contributed by atoms with Gasteiger partial charge in [-0.3, -0.25) is 0 Å². The molecule has 1 aliphatic rings. The fourth-order valence-corrected chi connectivity index (χ4v) is 1.30. The molecule has 0 saturated heterocycles. The molecule has 5 heteroatoms. The molecule has 0 radical (unpaired) electrons. The van der Waals surface area contributed by atoms with Crippen molar-refractivity contribution in [3.05, 3.63) is 28.4 Å². The van der Waals surface area contributed by atoms with E-state index in [-0.39, 0.29) is 5.82 Å². The van der Waals surface area contributed by atoms with E-state index in [0.29, 0.717) is 5.41 Å². The quantitative estimate of drug-likeness (QED) is 0.607. The predicted octanol–water partition coefficient (Wildman–Crippen LogP) is 2.20. The van der Waals surface area contributed by atoms with Crippen LogP contribution in [-0.4, -0.2) is 16.5 Å². The number of aromatic nitrogens is 1. The van der Waals surface area contributed by atoms with Gasteiger partial charge in [0.2, 0.25) is 0 Å². The fraction of sp³-hybridized carbons (Fsp3) is 0.500. The molecule has 1 aromatic rings. The van der Waals surface area contributed by atoms with Crippen molar-refractivity contribution >= 4 is 11.5 Å². The molecule has 1 N–H and O–H groups in total. The average molecular weight is 207 g/mol. The van der Waals surface area contributed by atoms with E-state index in [1.165, 1.54) is 25.1 Å². The van der Waals surface area contributed by atoms with Gasteiger partial charge in [-0.25, -0.2) is 0 Å². The van der Waals surface area contributed by atoms with Gasteiger partial charge in [0.05, 0.1) is 5.69 Å². The van der Waals surface area contributed by atoms with E-state index >= 15 is 0 Å². The number of nitrogens with one attached hydrogen (secondary N) is 1. The molecule has 5 nitrogen and oxygen atoms in total. The van der Waals surface area contributed by atoms with Crippen molar-refractivity contribution in [1.82, 2.24) is 4.98 Å². The molecule has 0 bridgehead atoms. The van der Waals surface area contributed by atoms with Gasteiger partial charge in [0.15, 0.2) is 6.20 Å². The first-order valence-electron chi connectivity index (χ1n) is 4.93. The summed E-state index contributed by atoms with van der Waals surface area (Å²) in [6.45, 7) is 3.13. The van der Waals surface area contributed by atoms with E-state index < -0.39 is 4.92 Å². The van der Waals surface area contributed by atoms with E-state index in [9.17, 15) is 10.1 Å². The molecule has 0 aliphatic heterocycles. The molecule has 15 heavy (non-hydrogen) atoms. The summed E-state index contributed by atoms with van der Waals surface area (Å²) < 4.78 is 0. The number of rotatable bonds is 4. The first-order valence-corrected chi connectivity index (χ1v) is 4.93. The zero-order chi connectivity index (χ0) is 10.9. The molecule has 1 saturated carbocycles. The average Bonchev–Trinajstić information content (AvgIpc) is 2.95. The van der Waals surface area contributed by atoms with Crippen LogP contribution in [0.4, 0.5) is 11.5 Å². The lowest BCUT2D eigenvalue weighted by Gasteiger charge is -2.09. The highest BCUT2D eigenvalue weighted by Gasteiger charge is 2.36. The Hall–Kier alpha value is -1.65.